The van der Waals surface area contributed by atoms with Crippen LogP contribution in [-0.4, -0.2) is 37.2 Å². The van der Waals surface area contributed by atoms with Gasteiger partial charge in [0.2, 0.25) is 0 Å². The molecule has 0 aliphatic heterocycles. The summed E-state index contributed by atoms with van der Waals surface area (Å²) >= 11 is 0. The molecule has 0 aromatic heterocycles. The summed E-state index contributed by atoms with van der Waals surface area (Å²) in [6.07, 6.45) is 66.7. The third-order valence-corrected chi connectivity index (χ3v) is 11.5. The Kier molecular flexibility index (Phi) is 49.9. The fraction of sp³-hybridized carbons (Fsp3) is 0.741. The van der Waals surface area contributed by atoms with E-state index in [1.807, 2.05) is 6.08 Å². The molecule has 64 heavy (non-hydrogen) atoms. The lowest BCUT2D eigenvalue weighted by molar-refractivity contribution is -0.166. The highest BCUT2D eigenvalue weighted by atomic mass is 16.6. The zero-order valence-corrected chi connectivity index (χ0v) is 42.0. The predicted molar refractivity (Wildman–Crippen MR) is 274 cm³/mol. The van der Waals surface area contributed by atoms with Crippen LogP contribution in [0.15, 0.2) is 72.9 Å². The van der Waals surface area contributed by atoms with E-state index in [9.17, 15) is 14.4 Å². The number of carbonyl (C=O) groups is 3. The third kappa shape index (κ3) is 49.9. The van der Waals surface area contributed by atoms with E-state index in [1.54, 1.807) is 6.08 Å². The first-order chi connectivity index (χ1) is 31.5. The van der Waals surface area contributed by atoms with Crippen LogP contribution in [0.2, 0.25) is 0 Å². The van der Waals surface area contributed by atoms with Gasteiger partial charge in [0.05, 0.1) is 6.42 Å². The minimum atomic E-state index is -0.825. The Morgan fingerprint density at radius 2 is 0.656 bits per heavy atom. The molecule has 0 radical (unpaired) electrons. The molecule has 0 bridgehead atoms. The number of esters is 3. The van der Waals surface area contributed by atoms with Crippen LogP contribution in [0.4, 0.5) is 0 Å². The zero-order chi connectivity index (χ0) is 46.5. The van der Waals surface area contributed by atoms with E-state index in [2.05, 4.69) is 81.5 Å². The van der Waals surface area contributed by atoms with E-state index in [0.29, 0.717) is 12.8 Å². The molecule has 0 heterocycles. The van der Waals surface area contributed by atoms with Gasteiger partial charge in [-0.15, -0.1) is 0 Å². The molecule has 1 atom stereocenters. The normalized spacial score (nSPS) is 12.6. The number of allylic oxidation sites excluding steroid dienone is 11. The van der Waals surface area contributed by atoms with Gasteiger partial charge in [0.25, 0.3) is 0 Å². The monoisotopic (exact) mass is 893 g/mol. The summed E-state index contributed by atoms with van der Waals surface area (Å²) in [5.41, 5.74) is 0. The van der Waals surface area contributed by atoms with Crippen molar-refractivity contribution in [2.45, 2.75) is 264 Å². The smallest absolute Gasteiger partial charge is 0.310 e. The van der Waals surface area contributed by atoms with Gasteiger partial charge in [-0.1, -0.05) is 241 Å². The molecule has 0 N–H and O–H groups in total. The van der Waals surface area contributed by atoms with Gasteiger partial charge in [-0.3, -0.25) is 14.4 Å². The van der Waals surface area contributed by atoms with Crippen LogP contribution in [-0.2, 0) is 28.6 Å². The van der Waals surface area contributed by atoms with E-state index >= 15 is 0 Å². The van der Waals surface area contributed by atoms with E-state index in [4.69, 9.17) is 14.2 Å². The summed E-state index contributed by atoms with van der Waals surface area (Å²) in [7, 11) is 0. The summed E-state index contributed by atoms with van der Waals surface area (Å²) in [6, 6.07) is 0. The summed E-state index contributed by atoms with van der Waals surface area (Å²) < 4.78 is 16.6. The third-order valence-electron chi connectivity index (χ3n) is 11.5. The molecule has 0 saturated carbocycles. The molecule has 0 aliphatic rings. The number of carbonyl (C=O) groups excluding carboxylic acids is 3. The standard InChI is InChI=1S/C58H100O6/c1-4-7-10-13-16-18-20-22-24-25-26-27-28-29-30-31-32-33-35-36-38-40-42-45-48-51-57(60)63-54-55(53-62-56(59)50-47-44-15-12-9-6-3)64-58(61)52-49-46-43-41-39-37-34-23-21-19-17-14-11-8-5-2/h8,11,17,19,23,25-26,34,39,41,46,49,55H,4-7,9-10,12-16,18,20-22,24,27-33,35-38,40,42-45,47-48,50-54H2,1-3H3/b11-8-,19-17-,26-25-,34-23-,41-39-,49-46-. The van der Waals surface area contributed by atoms with Crippen LogP contribution in [0.5, 0.6) is 0 Å². The van der Waals surface area contributed by atoms with Crippen molar-refractivity contribution in [2.24, 2.45) is 0 Å². The van der Waals surface area contributed by atoms with Crippen LogP contribution in [0.1, 0.15) is 258 Å². The van der Waals surface area contributed by atoms with Gasteiger partial charge in [0.1, 0.15) is 13.2 Å². The maximum absolute atomic E-state index is 12.7. The zero-order valence-electron chi connectivity index (χ0n) is 42.0. The quantitative estimate of drug-likeness (QED) is 0.0262. The van der Waals surface area contributed by atoms with Crippen molar-refractivity contribution in [3.63, 3.8) is 0 Å². The van der Waals surface area contributed by atoms with Crippen LogP contribution in [0.25, 0.3) is 0 Å². The first-order valence-electron chi connectivity index (χ1n) is 26.9. The molecule has 1 unspecified atom stereocenters. The van der Waals surface area contributed by atoms with Gasteiger partial charge >= 0.3 is 17.9 Å². The number of rotatable bonds is 48. The molecule has 0 spiro atoms. The highest BCUT2D eigenvalue weighted by molar-refractivity contribution is 5.72. The van der Waals surface area contributed by atoms with Gasteiger partial charge < -0.3 is 14.2 Å². The summed E-state index contributed by atoms with van der Waals surface area (Å²) in [4.78, 5) is 37.7. The van der Waals surface area contributed by atoms with E-state index in [0.717, 1.165) is 70.6 Å². The molecule has 6 heteroatoms. The Bertz CT molecular complexity index is 1210. The molecule has 0 saturated heterocycles. The lowest BCUT2D eigenvalue weighted by atomic mass is 10.0. The fourth-order valence-corrected chi connectivity index (χ4v) is 7.45. The van der Waals surface area contributed by atoms with Gasteiger partial charge in [-0.25, -0.2) is 0 Å². The molecule has 0 fully saturated rings. The average Bonchev–Trinajstić information content (AvgIpc) is 3.29. The molecular weight excluding hydrogens is 793 g/mol. The van der Waals surface area contributed by atoms with Crippen molar-refractivity contribution < 1.29 is 28.6 Å². The van der Waals surface area contributed by atoms with Crippen molar-refractivity contribution in [3.05, 3.63) is 72.9 Å². The highest BCUT2D eigenvalue weighted by Gasteiger charge is 2.19. The minimum absolute atomic E-state index is 0.0986. The Hall–Kier alpha value is -3.15. The van der Waals surface area contributed by atoms with Gasteiger partial charge in [-0.05, 0) is 70.6 Å². The summed E-state index contributed by atoms with van der Waals surface area (Å²) in [5, 5.41) is 0. The van der Waals surface area contributed by atoms with Crippen molar-refractivity contribution in [2.75, 3.05) is 13.2 Å². The molecular formula is C58H100O6. The van der Waals surface area contributed by atoms with E-state index < -0.39 is 12.1 Å². The second-order valence-electron chi connectivity index (χ2n) is 17.8. The molecule has 0 amide bonds. The van der Waals surface area contributed by atoms with Crippen LogP contribution >= 0.6 is 0 Å². The first-order valence-corrected chi connectivity index (χ1v) is 26.9. The second-order valence-corrected chi connectivity index (χ2v) is 17.8. The average molecular weight is 893 g/mol. The summed E-state index contributed by atoms with van der Waals surface area (Å²) in [5.74, 6) is -1.05. The summed E-state index contributed by atoms with van der Waals surface area (Å²) in [6.45, 7) is 6.38. The van der Waals surface area contributed by atoms with Crippen molar-refractivity contribution in [1.29, 1.82) is 0 Å². The predicted octanol–water partition coefficient (Wildman–Crippen LogP) is 17.8. The van der Waals surface area contributed by atoms with Gasteiger partial charge in [0, 0.05) is 12.8 Å². The van der Waals surface area contributed by atoms with Crippen LogP contribution in [0.3, 0.4) is 0 Å². The Balaban J connectivity index is 4.18. The molecule has 0 aromatic rings. The van der Waals surface area contributed by atoms with Crippen molar-refractivity contribution in [1.82, 2.24) is 0 Å². The fourth-order valence-electron chi connectivity index (χ4n) is 7.45. The van der Waals surface area contributed by atoms with Gasteiger partial charge in [0.15, 0.2) is 6.10 Å². The Morgan fingerprint density at radius 1 is 0.344 bits per heavy atom. The number of ether oxygens (including phenoxy) is 3. The maximum atomic E-state index is 12.7. The van der Waals surface area contributed by atoms with Crippen molar-refractivity contribution in [3.8, 4) is 0 Å². The number of hydrogen-bond acceptors (Lipinski definition) is 6. The lowest BCUT2D eigenvalue weighted by Crippen LogP contribution is -2.30. The molecule has 0 aliphatic carbocycles. The van der Waals surface area contributed by atoms with E-state index in [1.165, 1.54) is 148 Å². The maximum Gasteiger partial charge on any atom is 0.310 e. The Labute approximate surface area is 395 Å². The Morgan fingerprint density at radius 3 is 1.02 bits per heavy atom. The molecule has 368 valence electrons. The van der Waals surface area contributed by atoms with Crippen LogP contribution < -0.4 is 0 Å². The largest absolute Gasteiger partial charge is 0.462 e. The van der Waals surface area contributed by atoms with Gasteiger partial charge in [-0.2, -0.15) is 0 Å². The highest BCUT2D eigenvalue weighted by Crippen LogP contribution is 2.15. The SMILES string of the molecule is CC/C=C\C/C=C\C/C=C\C/C=C\C/C=C\CC(=O)OC(COC(=O)CCCCCCCC)COC(=O)CCCCCCCCCCCCCCC/C=C\CCCCCCCCCC. The molecule has 6 nitrogen and oxygen atoms in total. The topological polar surface area (TPSA) is 78.9 Å². The first kappa shape index (κ1) is 60.9. The number of unbranched alkanes of at least 4 members (excludes halogenated alkanes) is 26. The number of hydrogen-bond donors (Lipinski definition) is 0. The van der Waals surface area contributed by atoms with Crippen LogP contribution in [0, 0.1) is 0 Å². The minimum Gasteiger partial charge on any atom is -0.462 e. The van der Waals surface area contributed by atoms with E-state index in [-0.39, 0.29) is 31.6 Å². The van der Waals surface area contributed by atoms with Crippen molar-refractivity contribution >= 4 is 17.9 Å². The molecule has 0 rings (SSSR count). The lowest BCUT2D eigenvalue weighted by Gasteiger charge is -2.18. The second kappa shape index (κ2) is 52.5. The molecule has 0 aromatic carbocycles.